The van der Waals surface area contributed by atoms with Crippen molar-refractivity contribution in [2.75, 3.05) is 5.32 Å². The van der Waals surface area contributed by atoms with E-state index in [4.69, 9.17) is 11.6 Å². The molecule has 1 aliphatic heterocycles. The summed E-state index contributed by atoms with van der Waals surface area (Å²) in [5.74, 6) is -2.03. The summed E-state index contributed by atoms with van der Waals surface area (Å²) in [6.07, 6.45) is 0. The van der Waals surface area contributed by atoms with Gasteiger partial charge in [-0.15, -0.1) is 0 Å². The Morgan fingerprint density at radius 3 is 2.41 bits per heavy atom. The number of anilines is 1. The Morgan fingerprint density at radius 2 is 1.85 bits per heavy atom. The van der Waals surface area contributed by atoms with E-state index in [0.29, 0.717) is 11.3 Å². The molecule has 2 unspecified atom stereocenters. The molecule has 0 spiro atoms. The number of rotatable bonds is 7. The second-order valence-electron chi connectivity index (χ2n) is 8.22. The summed E-state index contributed by atoms with van der Waals surface area (Å²) in [7, 11) is 0. The molecule has 1 fully saturated rings. The van der Waals surface area contributed by atoms with Crippen LogP contribution in [0.2, 0.25) is 5.02 Å². The molecule has 12 heteroatoms. The van der Waals surface area contributed by atoms with Crippen LogP contribution in [0.4, 0.5) is 16.2 Å². The third-order valence-electron chi connectivity index (χ3n) is 5.40. The molecule has 0 aromatic heterocycles. The second-order valence-corrected chi connectivity index (χ2v) is 8.63. The van der Waals surface area contributed by atoms with E-state index in [9.17, 15) is 29.3 Å². The van der Waals surface area contributed by atoms with Gasteiger partial charge in [0.2, 0.25) is 5.91 Å². The SMILES string of the molecule is CC(C)C(NC(=O)c1ccc([N+](=O)[O-])cc1Cl)C(=O)Nc1cccc(C2(C)NC(=O)NC2=O)c1. The fourth-order valence-corrected chi connectivity index (χ4v) is 3.69. The fourth-order valence-electron chi connectivity index (χ4n) is 3.43. The van der Waals surface area contributed by atoms with Gasteiger partial charge in [0.1, 0.15) is 11.6 Å². The normalized spacial score (nSPS) is 18.1. The molecule has 3 rings (SSSR count). The van der Waals surface area contributed by atoms with Gasteiger partial charge < -0.3 is 16.0 Å². The molecule has 2 atom stereocenters. The Balaban J connectivity index is 1.77. The number of amides is 5. The number of nitrogens with one attached hydrogen (secondary N) is 4. The van der Waals surface area contributed by atoms with Gasteiger partial charge in [-0.3, -0.25) is 29.8 Å². The molecule has 1 saturated heterocycles. The Hall–Kier alpha value is -3.99. The number of hydrogen-bond donors (Lipinski definition) is 4. The van der Waals surface area contributed by atoms with Crippen LogP contribution >= 0.6 is 11.6 Å². The molecule has 5 amide bonds. The van der Waals surface area contributed by atoms with Gasteiger partial charge in [0, 0.05) is 17.8 Å². The maximum absolute atomic E-state index is 13.0. The van der Waals surface area contributed by atoms with E-state index in [-0.39, 0.29) is 22.2 Å². The summed E-state index contributed by atoms with van der Waals surface area (Å²) in [6.45, 7) is 5.01. The molecule has 34 heavy (non-hydrogen) atoms. The third kappa shape index (κ3) is 4.99. The minimum Gasteiger partial charge on any atom is -0.340 e. The van der Waals surface area contributed by atoms with Crippen LogP contribution in [0.1, 0.15) is 36.7 Å². The molecule has 178 valence electrons. The topological polar surface area (TPSA) is 160 Å². The van der Waals surface area contributed by atoms with Crippen LogP contribution < -0.4 is 21.3 Å². The highest BCUT2D eigenvalue weighted by Crippen LogP contribution is 2.27. The minimum absolute atomic E-state index is 0.0105. The van der Waals surface area contributed by atoms with Crippen molar-refractivity contribution in [2.24, 2.45) is 5.92 Å². The quantitative estimate of drug-likeness (QED) is 0.267. The van der Waals surface area contributed by atoms with Crippen LogP contribution in [0, 0.1) is 16.0 Å². The Kier molecular flexibility index (Phi) is 6.87. The Morgan fingerprint density at radius 1 is 1.15 bits per heavy atom. The van der Waals surface area contributed by atoms with Gasteiger partial charge in [-0.25, -0.2) is 4.79 Å². The lowest BCUT2D eigenvalue weighted by Crippen LogP contribution is -2.47. The number of nitrogens with zero attached hydrogens (tertiary/aromatic N) is 1. The van der Waals surface area contributed by atoms with E-state index >= 15 is 0 Å². The summed E-state index contributed by atoms with van der Waals surface area (Å²) in [6, 6.07) is 8.26. The summed E-state index contributed by atoms with van der Waals surface area (Å²) < 4.78 is 0. The molecule has 11 nitrogen and oxygen atoms in total. The molecule has 1 heterocycles. The van der Waals surface area contributed by atoms with Crippen LogP contribution in [-0.4, -0.2) is 34.7 Å². The highest BCUT2D eigenvalue weighted by molar-refractivity contribution is 6.34. The van der Waals surface area contributed by atoms with Crippen molar-refractivity contribution in [1.82, 2.24) is 16.0 Å². The zero-order valence-electron chi connectivity index (χ0n) is 18.5. The number of benzene rings is 2. The number of carbonyl (C=O) groups is 4. The molecule has 1 aliphatic rings. The number of hydrogen-bond acceptors (Lipinski definition) is 6. The van der Waals surface area contributed by atoms with Gasteiger partial charge in [-0.2, -0.15) is 0 Å². The molecule has 2 aromatic carbocycles. The van der Waals surface area contributed by atoms with E-state index in [1.807, 2.05) is 0 Å². The standard InChI is InChI=1S/C22H22ClN5O6/c1-11(2)17(25-18(29)15-8-7-14(28(33)34)10-16(15)23)19(30)24-13-6-4-5-12(9-13)22(3)20(31)26-21(32)27-22/h4-11,17H,1-3H3,(H,24,30)(H,25,29)(H2,26,27,31,32). The second kappa shape index (κ2) is 9.48. The number of urea groups is 1. The lowest BCUT2D eigenvalue weighted by atomic mass is 9.92. The highest BCUT2D eigenvalue weighted by Gasteiger charge is 2.43. The zero-order valence-corrected chi connectivity index (χ0v) is 19.2. The van der Waals surface area contributed by atoms with Gasteiger partial charge >= 0.3 is 6.03 Å². The zero-order chi connectivity index (χ0) is 25.2. The van der Waals surface area contributed by atoms with Crippen LogP contribution in [0.25, 0.3) is 0 Å². The first-order valence-corrected chi connectivity index (χ1v) is 10.6. The number of imide groups is 1. The Bertz CT molecular complexity index is 1200. The number of nitro groups is 1. The first-order chi connectivity index (χ1) is 15.9. The van der Waals surface area contributed by atoms with Gasteiger partial charge in [-0.1, -0.05) is 37.6 Å². The lowest BCUT2D eigenvalue weighted by molar-refractivity contribution is -0.384. The summed E-state index contributed by atoms with van der Waals surface area (Å²) in [5, 5.41) is 20.8. The van der Waals surface area contributed by atoms with Gasteiger partial charge in [-0.05, 0) is 36.6 Å². The minimum atomic E-state index is -1.30. The predicted octanol–water partition coefficient (Wildman–Crippen LogP) is 2.70. The maximum Gasteiger partial charge on any atom is 0.322 e. The predicted molar refractivity (Wildman–Crippen MR) is 123 cm³/mol. The van der Waals surface area contributed by atoms with E-state index in [1.165, 1.54) is 6.07 Å². The number of non-ortho nitro benzene ring substituents is 1. The maximum atomic E-state index is 13.0. The van der Waals surface area contributed by atoms with E-state index in [1.54, 1.807) is 45.0 Å². The van der Waals surface area contributed by atoms with E-state index in [0.717, 1.165) is 12.1 Å². The van der Waals surface area contributed by atoms with Gasteiger partial charge in [0.15, 0.2) is 0 Å². The first kappa shape index (κ1) is 24.6. The molecule has 4 N–H and O–H groups in total. The van der Waals surface area contributed by atoms with Crippen LogP contribution in [-0.2, 0) is 15.1 Å². The summed E-state index contributed by atoms with van der Waals surface area (Å²) in [5.41, 5.74) is -0.762. The lowest BCUT2D eigenvalue weighted by Gasteiger charge is -2.24. The molecule has 0 bridgehead atoms. The Labute approximate surface area is 199 Å². The van der Waals surface area contributed by atoms with Gasteiger partial charge in [0.05, 0.1) is 15.5 Å². The van der Waals surface area contributed by atoms with Gasteiger partial charge in [0.25, 0.3) is 17.5 Å². The number of nitro benzene ring substituents is 1. The molecular weight excluding hydrogens is 466 g/mol. The van der Waals surface area contributed by atoms with Crippen molar-refractivity contribution < 1.29 is 24.1 Å². The van der Waals surface area contributed by atoms with E-state index in [2.05, 4.69) is 21.3 Å². The fraction of sp³-hybridized carbons (Fsp3) is 0.273. The van der Waals surface area contributed by atoms with Crippen LogP contribution in [0.3, 0.4) is 0 Å². The van der Waals surface area contributed by atoms with Crippen molar-refractivity contribution >= 4 is 46.7 Å². The average Bonchev–Trinajstić information content (AvgIpc) is 3.03. The van der Waals surface area contributed by atoms with Crippen molar-refractivity contribution in [1.29, 1.82) is 0 Å². The van der Waals surface area contributed by atoms with Crippen LogP contribution in [0.5, 0.6) is 0 Å². The van der Waals surface area contributed by atoms with Crippen molar-refractivity contribution in [3.63, 3.8) is 0 Å². The number of carbonyl (C=O) groups excluding carboxylic acids is 4. The largest absolute Gasteiger partial charge is 0.340 e. The summed E-state index contributed by atoms with van der Waals surface area (Å²) >= 11 is 6.03. The molecule has 2 aromatic rings. The van der Waals surface area contributed by atoms with Crippen molar-refractivity contribution in [3.8, 4) is 0 Å². The molecule has 0 aliphatic carbocycles. The third-order valence-corrected chi connectivity index (χ3v) is 5.71. The summed E-state index contributed by atoms with van der Waals surface area (Å²) in [4.78, 5) is 59.7. The van der Waals surface area contributed by atoms with Crippen molar-refractivity contribution in [2.45, 2.75) is 32.4 Å². The first-order valence-electron chi connectivity index (χ1n) is 10.2. The molecular formula is C22H22ClN5O6. The van der Waals surface area contributed by atoms with Crippen LogP contribution in [0.15, 0.2) is 42.5 Å². The smallest absolute Gasteiger partial charge is 0.322 e. The monoisotopic (exact) mass is 487 g/mol. The number of halogens is 1. The molecule has 0 radical (unpaired) electrons. The van der Waals surface area contributed by atoms with E-state index < -0.39 is 40.3 Å². The van der Waals surface area contributed by atoms with Crippen molar-refractivity contribution in [3.05, 3.63) is 68.7 Å². The molecule has 0 saturated carbocycles. The highest BCUT2D eigenvalue weighted by atomic mass is 35.5. The average molecular weight is 488 g/mol.